The zero-order chi connectivity index (χ0) is 22.3. The third kappa shape index (κ3) is 6.45. The van der Waals surface area contributed by atoms with Crippen LogP contribution in [-0.4, -0.2) is 50.2 Å². The van der Waals surface area contributed by atoms with Gasteiger partial charge in [-0.05, 0) is 30.7 Å². The topological polar surface area (TPSA) is 104 Å². The van der Waals surface area contributed by atoms with Gasteiger partial charge >= 0.3 is 5.97 Å². The lowest BCUT2D eigenvalue weighted by molar-refractivity contribution is -0.150. The van der Waals surface area contributed by atoms with E-state index < -0.39 is 35.1 Å². The lowest BCUT2D eigenvalue weighted by atomic mass is 10.0. The van der Waals surface area contributed by atoms with Gasteiger partial charge in [0, 0.05) is 13.1 Å². The van der Waals surface area contributed by atoms with Gasteiger partial charge in [0.05, 0.1) is 5.25 Å². The van der Waals surface area contributed by atoms with Crippen LogP contribution in [0.15, 0.2) is 42.6 Å². The third-order valence-corrected chi connectivity index (χ3v) is 5.80. The van der Waals surface area contributed by atoms with E-state index >= 15 is 0 Å². The number of hydrogen-bond acceptors (Lipinski definition) is 5. The number of nitrogens with zero attached hydrogens (tertiary/aromatic N) is 1. The van der Waals surface area contributed by atoms with Gasteiger partial charge in [0.1, 0.15) is 12.1 Å². The number of carboxylic acids is 1. The van der Waals surface area contributed by atoms with Crippen molar-refractivity contribution in [2.45, 2.75) is 57.4 Å². The fourth-order valence-corrected chi connectivity index (χ4v) is 4.25. The highest BCUT2D eigenvalue weighted by molar-refractivity contribution is 8.14. The first-order chi connectivity index (χ1) is 14.2. The van der Waals surface area contributed by atoms with Crippen LogP contribution >= 0.6 is 11.8 Å². The van der Waals surface area contributed by atoms with E-state index in [1.165, 1.54) is 18.0 Å². The van der Waals surface area contributed by atoms with Crippen molar-refractivity contribution < 1.29 is 24.3 Å². The molecule has 0 unspecified atom stereocenters. The van der Waals surface area contributed by atoms with Crippen LogP contribution in [0.2, 0.25) is 0 Å². The first-order valence-electron chi connectivity index (χ1n) is 9.93. The molecule has 0 saturated carbocycles. The fraction of sp³-hybridized carbons (Fsp3) is 0.455. The molecule has 2 N–H and O–H groups in total. The monoisotopic (exact) mass is 432 g/mol. The van der Waals surface area contributed by atoms with Crippen molar-refractivity contribution in [2.24, 2.45) is 5.92 Å². The zero-order valence-electron chi connectivity index (χ0n) is 17.4. The minimum Gasteiger partial charge on any atom is -0.480 e. The molecule has 8 heteroatoms. The SMILES string of the molecule is CC(=O)S[C@H](Cc1ccccc1)C(=O)N[C@@H]1CCC=CN([C@H](C(=O)O)C(C)C)C1=O. The number of allylic oxidation sites excluding steroid dienone is 1. The number of thioether (sulfide) groups is 1. The predicted molar refractivity (Wildman–Crippen MR) is 116 cm³/mol. The molecular weight excluding hydrogens is 404 g/mol. The quantitative estimate of drug-likeness (QED) is 0.654. The Morgan fingerprint density at radius 2 is 1.90 bits per heavy atom. The molecule has 0 radical (unpaired) electrons. The molecule has 1 heterocycles. The van der Waals surface area contributed by atoms with E-state index in [1.807, 2.05) is 30.3 Å². The number of carboxylic acid groups (broad SMARTS) is 1. The van der Waals surface area contributed by atoms with Gasteiger partial charge < -0.3 is 15.3 Å². The first-order valence-corrected chi connectivity index (χ1v) is 10.8. The number of amides is 2. The minimum absolute atomic E-state index is 0.188. The maximum Gasteiger partial charge on any atom is 0.327 e. The van der Waals surface area contributed by atoms with E-state index in [4.69, 9.17) is 0 Å². The van der Waals surface area contributed by atoms with E-state index in [0.29, 0.717) is 19.3 Å². The molecule has 0 spiro atoms. The summed E-state index contributed by atoms with van der Waals surface area (Å²) in [6.45, 7) is 4.87. The Labute approximate surface area is 180 Å². The second-order valence-electron chi connectivity index (χ2n) is 7.58. The molecular formula is C22H28N2O5S. The molecule has 0 bridgehead atoms. The van der Waals surface area contributed by atoms with Gasteiger partial charge in [0.2, 0.25) is 11.8 Å². The van der Waals surface area contributed by atoms with Crippen LogP contribution in [0.4, 0.5) is 0 Å². The maximum atomic E-state index is 13.1. The van der Waals surface area contributed by atoms with E-state index in [-0.39, 0.29) is 11.0 Å². The standard InChI is InChI=1S/C22H28N2O5S/c1-14(2)19(22(28)29)24-12-8-7-11-17(21(24)27)23-20(26)18(30-15(3)25)13-16-9-5-4-6-10-16/h4-6,8-10,12,14,17-19H,7,11,13H2,1-3H3,(H,23,26)(H,28,29)/t17-,18-,19+/m1/s1. The van der Waals surface area contributed by atoms with Crippen molar-refractivity contribution in [3.8, 4) is 0 Å². The molecule has 0 saturated heterocycles. The van der Waals surface area contributed by atoms with E-state index in [2.05, 4.69) is 5.32 Å². The summed E-state index contributed by atoms with van der Waals surface area (Å²) in [6, 6.07) is 7.48. The maximum absolute atomic E-state index is 13.1. The second kappa shape index (κ2) is 11.0. The largest absolute Gasteiger partial charge is 0.480 e. The molecule has 2 rings (SSSR count). The van der Waals surface area contributed by atoms with Crippen LogP contribution in [0.1, 0.15) is 39.2 Å². The average Bonchev–Trinajstić information content (AvgIpc) is 2.84. The summed E-state index contributed by atoms with van der Waals surface area (Å²) in [5, 5.41) is 11.5. The number of benzene rings is 1. The Kier molecular flexibility index (Phi) is 8.65. The Morgan fingerprint density at radius 1 is 1.23 bits per heavy atom. The molecule has 1 aromatic carbocycles. The van der Waals surface area contributed by atoms with Crippen molar-refractivity contribution in [1.29, 1.82) is 0 Å². The van der Waals surface area contributed by atoms with Gasteiger partial charge in [-0.25, -0.2) is 4.79 Å². The Bertz CT molecular complexity index is 809. The Balaban J connectivity index is 2.18. The highest BCUT2D eigenvalue weighted by atomic mass is 32.2. The van der Waals surface area contributed by atoms with Crippen molar-refractivity contribution in [3.05, 3.63) is 48.2 Å². The highest BCUT2D eigenvalue weighted by Crippen LogP contribution is 2.21. The average molecular weight is 433 g/mol. The van der Waals surface area contributed by atoms with Crippen molar-refractivity contribution in [2.75, 3.05) is 0 Å². The summed E-state index contributed by atoms with van der Waals surface area (Å²) in [5.74, 6) is -2.26. The molecule has 1 aliphatic heterocycles. The molecule has 30 heavy (non-hydrogen) atoms. The summed E-state index contributed by atoms with van der Waals surface area (Å²) in [7, 11) is 0. The third-order valence-electron chi connectivity index (χ3n) is 4.81. The van der Waals surface area contributed by atoms with Crippen LogP contribution in [0.25, 0.3) is 0 Å². The van der Waals surface area contributed by atoms with Gasteiger partial charge in [-0.3, -0.25) is 14.4 Å². The molecule has 3 atom stereocenters. The Hall–Kier alpha value is -2.61. The minimum atomic E-state index is -1.09. The molecule has 0 aliphatic carbocycles. The molecule has 0 aromatic heterocycles. The summed E-state index contributed by atoms with van der Waals surface area (Å²) in [5.41, 5.74) is 0.910. The van der Waals surface area contributed by atoms with Crippen LogP contribution in [0.3, 0.4) is 0 Å². The summed E-state index contributed by atoms with van der Waals surface area (Å²) in [6.07, 6.45) is 4.49. The lowest BCUT2D eigenvalue weighted by Crippen LogP contribution is -2.54. The van der Waals surface area contributed by atoms with E-state index in [0.717, 1.165) is 17.3 Å². The van der Waals surface area contributed by atoms with Gasteiger partial charge in [0.25, 0.3) is 0 Å². The number of carbonyl (C=O) groups excluding carboxylic acids is 3. The number of rotatable bonds is 8. The van der Waals surface area contributed by atoms with E-state index in [1.54, 1.807) is 19.9 Å². The van der Waals surface area contributed by atoms with Crippen LogP contribution < -0.4 is 5.32 Å². The molecule has 162 valence electrons. The lowest BCUT2D eigenvalue weighted by Gasteiger charge is -2.31. The number of aliphatic carboxylic acids is 1. The van der Waals surface area contributed by atoms with Crippen molar-refractivity contribution >= 4 is 34.7 Å². The summed E-state index contributed by atoms with van der Waals surface area (Å²) < 4.78 is 0. The van der Waals surface area contributed by atoms with Crippen LogP contribution in [-0.2, 0) is 25.6 Å². The zero-order valence-corrected chi connectivity index (χ0v) is 18.2. The van der Waals surface area contributed by atoms with Gasteiger partial charge in [-0.15, -0.1) is 0 Å². The number of nitrogens with one attached hydrogen (secondary N) is 1. The molecule has 7 nitrogen and oxygen atoms in total. The molecule has 2 amide bonds. The van der Waals surface area contributed by atoms with Gasteiger partial charge in [-0.2, -0.15) is 0 Å². The van der Waals surface area contributed by atoms with Gasteiger partial charge in [0.15, 0.2) is 5.12 Å². The molecule has 1 aliphatic rings. The van der Waals surface area contributed by atoms with E-state index in [9.17, 15) is 24.3 Å². The Morgan fingerprint density at radius 3 is 2.47 bits per heavy atom. The van der Waals surface area contributed by atoms with Crippen LogP contribution in [0.5, 0.6) is 0 Å². The fourth-order valence-electron chi connectivity index (χ4n) is 3.40. The molecule has 1 aromatic rings. The van der Waals surface area contributed by atoms with Crippen molar-refractivity contribution in [3.63, 3.8) is 0 Å². The second-order valence-corrected chi connectivity index (χ2v) is 8.96. The number of carbonyl (C=O) groups is 4. The van der Waals surface area contributed by atoms with Gasteiger partial charge in [-0.1, -0.05) is 62.0 Å². The van der Waals surface area contributed by atoms with Crippen LogP contribution in [0, 0.1) is 5.92 Å². The highest BCUT2D eigenvalue weighted by Gasteiger charge is 2.37. The summed E-state index contributed by atoms with van der Waals surface area (Å²) >= 11 is 0.929. The molecule has 0 fully saturated rings. The predicted octanol–water partition coefficient (Wildman–Crippen LogP) is 2.61. The summed E-state index contributed by atoms with van der Waals surface area (Å²) in [4.78, 5) is 50.6. The number of hydrogen-bond donors (Lipinski definition) is 2. The normalized spacial score (nSPS) is 18.6. The smallest absolute Gasteiger partial charge is 0.327 e. The first kappa shape index (κ1) is 23.7. The van der Waals surface area contributed by atoms with Crippen molar-refractivity contribution in [1.82, 2.24) is 10.2 Å².